The second kappa shape index (κ2) is 10.0. The minimum atomic E-state index is -0.709. The standard InChI is InChI=1S/C25H29N3O5/c1-3-33-24(30)17(2)26-25(31)28-11-10-21-16-20(8-9-22(21)28)18-4-6-19(7-5-18)23(29)27-12-14-32-15-13-27/h4-9,16-17H,3,10-15H2,1-2H3,(H,26,31). The summed E-state index contributed by atoms with van der Waals surface area (Å²) in [4.78, 5) is 40.6. The molecule has 0 aliphatic carbocycles. The topological polar surface area (TPSA) is 88.2 Å². The van der Waals surface area contributed by atoms with Gasteiger partial charge in [0.25, 0.3) is 5.91 Å². The van der Waals surface area contributed by atoms with Crippen LogP contribution in [0.25, 0.3) is 11.1 Å². The summed E-state index contributed by atoms with van der Waals surface area (Å²) in [5.41, 5.74) is 4.61. The Balaban J connectivity index is 1.44. The summed E-state index contributed by atoms with van der Waals surface area (Å²) in [5.74, 6) is -0.423. The van der Waals surface area contributed by atoms with E-state index in [9.17, 15) is 14.4 Å². The molecule has 0 radical (unpaired) electrons. The van der Waals surface area contributed by atoms with Crippen molar-refractivity contribution in [2.24, 2.45) is 0 Å². The third-order valence-electron chi connectivity index (χ3n) is 5.96. The largest absolute Gasteiger partial charge is 0.464 e. The molecule has 2 aromatic carbocycles. The fraction of sp³-hybridized carbons (Fsp3) is 0.400. The van der Waals surface area contributed by atoms with E-state index in [2.05, 4.69) is 11.4 Å². The molecule has 2 heterocycles. The molecule has 3 amide bonds. The molecule has 174 valence electrons. The van der Waals surface area contributed by atoms with Crippen LogP contribution in [0, 0.1) is 0 Å². The van der Waals surface area contributed by atoms with Crippen molar-refractivity contribution in [1.29, 1.82) is 0 Å². The normalized spacial score (nSPS) is 16.2. The van der Waals surface area contributed by atoms with E-state index in [-0.39, 0.29) is 18.5 Å². The minimum absolute atomic E-state index is 0.0255. The van der Waals surface area contributed by atoms with E-state index in [0.717, 1.165) is 28.8 Å². The molecule has 2 aliphatic rings. The number of urea groups is 1. The average Bonchev–Trinajstić information content (AvgIpc) is 3.28. The Labute approximate surface area is 193 Å². The van der Waals surface area contributed by atoms with Crippen LogP contribution in [0.15, 0.2) is 42.5 Å². The molecule has 2 aliphatic heterocycles. The molecule has 0 aromatic heterocycles. The quantitative estimate of drug-likeness (QED) is 0.707. The van der Waals surface area contributed by atoms with Crippen molar-refractivity contribution in [1.82, 2.24) is 10.2 Å². The summed E-state index contributed by atoms with van der Waals surface area (Å²) in [6.07, 6.45) is 0.734. The zero-order valence-corrected chi connectivity index (χ0v) is 19.0. The van der Waals surface area contributed by atoms with Gasteiger partial charge in [0, 0.05) is 30.9 Å². The van der Waals surface area contributed by atoms with Gasteiger partial charge in [-0.25, -0.2) is 9.59 Å². The number of nitrogens with zero attached hydrogens (tertiary/aromatic N) is 2. The predicted octanol–water partition coefficient (Wildman–Crippen LogP) is 2.85. The van der Waals surface area contributed by atoms with Crippen LogP contribution in [-0.2, 0) is 20.7 Å². The Morgan fingerprint density at radius 3 is 2.42 bits per heavy atom. The molecule has 0 saturated carbocycles. The number of hydrogen-bond donors (Lipinski definition) is 1. The van der Waals surface area contributed by atoms with E-state index >= 15 is 0 Å². The van der Waals surface area contributed by atoms with Crippen molar-refractivity contribution in [2.75, 3.05) is 44.4 Å². The van der Waals surface area contributed by atoms with E-state index in [4.69, 9.17) is 9.47 Å². The van der Waals surface area contributed by atoms with Gasteiger partial charge in [0.1, 0.15) is 6.04 Å². The number of ether oxygens (including phenoxy) is 2. The lowest BCUT2D eigenvalue weighted by Gasteiger charge is -2.26. The fourth-order valence-electron chi connectivity index (χ4n) is 4.14. The van der Waals surface area contributed by atoms with Crippen molar-refractivity contribution in [3.8, 4) is 11.1 Å². The minimum Gasteiger partial charge on any atom is -0.464 e. The molecule has 8 heteroatoms. The first-order chi connectivity index (χ1) is 16.0. The van der Waals surface area contributed by atoms with Gasteiger partial charge in [0.15, 0.2) is 0 Å². The lowest BCUT2D eigenvalue weighted by molar-refractivity contribution is -0.144. The van der Waals surface area contributed by atoms with E-state index in [1.807, 2.05) is 41.3 Å². The smallest absolute Gasteiger partial charge is 0.328 e. The van der Waals surface area contributed by atoms with Gasteiger partial charge in [-0.1, -0.05) is 18.2 Å². The van der Waals surface area contributed by atoms with Crippen molar-refractivity contribution >= 4 is 23.6 Å². The first kappa shape index (κ1) is 22.8. The summed E-state index contributed by atoms with van der Waals surface area (Å²) < 4.78 is 10.3. The molecule has 1 N–H and O–H groups in total. The molecule has 1 unspecified atom stereocenters. The van der Waals surface area contributed by atoms with Gasteiger partial charge < -0.3 is 19.7 Å². The average molecular weight is 452 g/mol. The van der Waals surface area contributed by atoms with E-state index in [0.29, 0.717) is 38.4 Å². The summed E-state index contributed by atoms with van der Waals surface area (Å²) in [5, 5.41) is 2.71. The Bertz CT molecular complexity index is 1030. The van der Waals surface area contributed by atoms with Gasteiger partial charge in [0.05, 0.1) is 19.8 Å². The highest BCUT2D eigenvalue weighted by molar-refractivity contribution is 5.97. The van der Waals surface area contributed by atoms with Gasteiger partial charge in [0.2, 0.25) is 0 Å². The van der Waals surface area contributed by atoms with Crippen molar-refractivity contribution in [3.63, 3.8) is 0 Å². The van der Waals surface area contributed by atoms with Crippen LogP contribution in [0.3, 0.4) is 0 Å². The van der Waals surface area contributed by atoms with Crippen LogP contribution in [-0.4, -0.2) is 68.3 Å². The van der Waals surface area contributed by atoms with Gasteiger partial charge in [-0.3, -0.25) is 9.69 Å². The van der Waals surface area contributed by atoms with Gasteiger partial charge in [-0.2, -0.15) is 0 Å². The molecule has 4 rings (SSSR count). The molecule has 1 fully saturated rings. The summed E-state index contributed by atoms with van der Waals surface area (Å²) in [6.45, 7) is 6.57. The number of hydrogen-bond acceptors (Lipinski definition) is 5. The number of carbonyl (C=O) groups excluding carboxylic acids is 3. The monoisotopic (exact) mass is 451 g/mol. The zero-order chi connectivity index (χ0) is 23.4. The zero-order valence-electron chi connectivity index (χ0n) is 19.0. The molecule has 0 spiro atoms. The number of esters is 1. The number of carbonyl (C=O) groups is 3. The van der Waals surface area contributed by atoms with Crippen LogP contribution >= 0.6 is 0 Å². The highest BCUT2D eigenvalue weighted by atomic mass is 16.5. The Hall–Kier alpha value is -3.39. The molecule has 1 atom stereocenters. The first-order valence-corrected chi connectivity index (χ1v) is 11.3. The first-order valence-electron chi connectivity index (χ1n) is 11.3. The summed E-state index contributed by atoms with van der Waals surface area (Å²) in [7, 11) is 0. The summed E-state index contributed by atoms with van der Waals surface area (Å²) >= 11 is 0. The third kappa shape index (κ3) is 5.01. The second-order valence-corrected chi connectivity index (χ2v) is 8.15. The van der Waals surface area contributed by atoms with Crippen LogP contribution in [0.1, 0.15) is 29.8 Å². The molecule has 0 bridgehead atoms. The van der Waals surface area contributed by atoms with Crippen LogP contribution in [0.5, 0.6) is 0 Å². The highest BCUT2D eigenvalue weighted by Gasteiger charge is 2.27. The van der Waals surface area contributed by atoms with E-state index < -0.39 is 12.0 Å². The summed E-state index contributed by atoms with van der Waals surface area (Å²) in [6, 6.07) is 12.6. The third-order valence-corrected chi connectivity index (χ3v) is 5.96. The SMILES string of the molecule is CCOC(=O)C(C)NC(=O)N1CCc2cc(-c3ccc(C(=O)N4CCOCC4)cc3)ccc21. The molecular weight excluding hydrogens is 422 g/mol. The van der Waals surface area contributed by atoms with Crippen molar-refractivity contribution in [2.45, 2.75) is 26.3 Å². The van der Waals surface area contributed by atoms with Crippen molar-refractivity contribution < 1.29 is 23.9 Å². The Morgan fingerprint density at radius 2 is 1.73 bits per heavy atom. The van der Waals surface area contributed by atoms with Crippen LogP contribution in [0.2, 0.25) is 0 Å². The maximum Gasteiger partial charge on any atom is 0.328 e. The Kier molecular flexibility index (Phi) is 6.93. The Morgan fingerprint density at radius 1 is 1.03 bits per heavy atom. The van der Waals surface area contributed by atoms with Gasteiger partial charge in [-0.15, -0.1) is 0 Å². The molecule has 2 aromatic rings. The number of morpholine rings is 1. The van der Waals surface area contributed by atoms with Crippen molar-refractivity contribution in [3.05, 3.63) is 53.6 Å². The van der Waals surface area contributed by atoms with E-state index in [1.54, 1.807) is 18.7 Å². The van der Waals surface area contributed by atoms with Crippen LogP contribution < -0.4 is 10.2 Å². The maximum absolute atomic E-state index is 12.7. The van der Waals surface area contributed by atoms with Gasteiger partial charge >= 0.3 is 12.0 Å². The maximum atomic E-state index is 12.7. The molecule has 1 saturated heterocycles. The number of nitrogens with one attached hydrogen (secondary N) is 1. The highest BCUT2D eigenvalue weighted by Crippen LogP contribution is 2.32. The number of benzene rings is 2. The molecular formula is C25H29N3O5. The van der Waals surface area contributed by atoms with Crippen LogP contribution in [0.4, 0.5) is 10.5 Å². The number of fused-ring (bicyclic) bond motifs is 1. The fourth-order valence-corrected chi connectivity index (χ4v) is 4.14. The lowest BCUT2D eigenvalue weighted by Crippen LogP contribution is -2.46. The number of amides is 3. The van der Waals surface area contributed by atoms with Gasteiger partial charge in [-0.05, 0) is 61.2 Å². The second-order valence-electron chi connectivity index (χ2n) is 8.15. The molecule has 33 heavy (non-hydrogen) atoms. The number of rotatable bonds is 5. The van der Waals surface area contributed by atoms with E-state index in [1.165, 1.54) is 0 Å². The lowest BCUT2D eigenvalue weighted by atomic mass is 10.0. The number of anilines is 1. The molecule has 8 nitrogen and oxygen atoms in total. The predicted molar refractivity (Wildman–Crippen MR) is 124 cm³/mol.